The Bertz CT molecular complexity index is 1180. The van der Waals surface area contributed by atoms with E-state index in [9.17, 15) is 9.90 Å². The summed E-state index contributed by atoms with van der Waals surface area (Å²) >= 11 is 0. The molecule has 178 valence electrons. The molecular weight excluding hydrogens is 424 g/mol. The molecule has 2 saturated carbocycles. The van der Waals surface area contributed by atoms with Crippen molar-refractivity contribution in [2.24, 2.45) is 23.2 Å². The summed E-state index contributed by atoms with van der Waals surface area (Å²) in [5, 5.41) is 12.0. The second-order valence-corrected chi connectivity index (χ2v) is 11.2. The molecule has 0 unspecified atom stereocenters. The second kappa shape index (κ2) is 7.75. The first-order chi connectivity index (χ1) is 16.4. The monoisotopic (exact) mass is 458 g/mol. The molecule has 34 heavy (non-hydrogen) atoms. The van der Waals surface area contributed by atoms with E-state index >= 15 is 0 Å². The molecule has 0 saturated heterocycles. The predicted molar refractivity (Wildman–Crippen MR) is 131 cm³/mol. The van der Waals surface area contributed by atoms with E-state index in [1.807, 2.05) is 19.1 Å². The summed E-state index contributed by atoms with van der Waals surface area (Å²) in [6, 6.07) is 6.38. The van der Waals surface area contributed by atoms with Crippen molar-refractivity contribution in [1.82, 2.24) is 0 Å². The summed E-state index contributed by atoms with van der Waals surface area (Å²) in [5.41, 5.74) is 4.12. The molecule has 0 bridgehead atoms. The standard InChI is InChI=1S/C30H34O4/c1-4-11-30(32)18(2)14-25-23-8-5-19-15-21(31)7-9-22(19)28(23)24(17-29(25,30)3)20-6-10-26-27(16-20)34-13-12-33-26/h6,10,15-16,18,23-25,32H,5,7-9,12-14,17H2,1-3H3/t18-,23+,24-,25+,29+,30+/m1/s1. The molecule has 0 amide bonds. The first-order valence-corrected chi connectivity index (χ1v) is 12.9. The van der Waals surface area contributed by atoms with Gasteiger partial charge in [-0.15, -0.1) is 5.92 Å². The van der Waals surface area contributed by atoms with Crippen molar-refractivity contribution in [2.45, 2.75) is 70.8 Å². The second-order valence-electron chi connectivity index (χ2n) is 11.2. The minimum atomic E-state index is -0.993. The van der Waals surface area contributed by atoms with E-state index in [-0.39, 0.29) is 23.0 Å². The average Bonchev–Trinajstić information content (AvgIpc) is 3.03. The Morgan fingerprint density at radius 3 is 2.71 bits per heavy atom. The summed E-state index contributed by atoms with van der Waals surface area (Å²) in [6.07, 6.45) is 7.21. The van der Waals surface area contributed by atoms with Gasteiger partial charge in [0.05, 0.1) is 0 Å². The quantitative estimate of drug-likeness (QED) is 0.576. The number of rotatable bonds is 1. The third kappa shape index (κ3) is 2.99. The summed E-state index contributed by atoms with van der Waals surface area (Å²) in [7, 11) is 0. The van der Waals surface area contributed by atoms with Crippen molar-refractivity contribution in [3.05, 3.63) is 46.6 Å². The van der Waals surface area contributed by atoms with Crippen LogP contribution in [0.3, 0.4) is 0 Å². The number of allylic oxidation sites excluding steroid dienone is 4. The highest BCUT2D eigenvalue weighted by molar-refractivity contribution is 5.93. The van der Waals surface area contributed by atoms with E-state index in [0.29, 0.717) is 31.5 Å². The number of hydrogen-bond donors (Lipinski definition) is 1. The van der Waals surface area contributed by atoms with Crippen molar-refractivity contribution in [1.29, 1.82) is 0 Å². The zero-order valence-corrected chi connectivity index (χ0v) is 20.4. The van der Waals surface area contributed by atoms with E-state index in [1.54, 1.807) is 0 Å². The number of benzene rings is 1. The minimum absolute atomic E-state index is 0.130. The van der Waals surface area contributed by atoms with Gasteiger partial charge in [0.2, 0.25) is 0 Å². The SMILES string of the molecule is CC#C[C@]1(O)[C@H](C)C[C@H]2[C@@H]3CCC4=CC(=O)CCC4=C3[C@@H](c3ccc4c(c3)OCCO4)C[C@@]21C. The zero-order valence-electron chi connectivity index (χ0n) is 20.4. The lowest BCUT2D eigenvalue weighted by Crippen LogP contribution is -2.52. The normalized spacial score (nSPS) is 38.2. The van der Waals surface area contributed by atoms with Gasteiger partial charge in [0.1, 0.15) is 18.8 Å². The molecule has 1 aromatic rings. The molecule has 6 atom stereocenters. The van der Waals surface area contributed by atoms with Crippen LogP contribution >= 0.6 is 0 Å². The van der Waals surface area contributed by atoms with Crippen LogP contribution in [-0.4, -0.2) is 29.7 Å². The molecule has 5 aliphatic rings. The topological polar surface area (TPSA) is 55.8 Å². The molecular formula is C30H34O4. The van der Waals surface area contributed by atoms with Crippen LogP contribution in [-0.2, 0) is 4.79 Å². The largest absolute Gasteiger partial charge is 0.486 e. The number of aliphatic hydroxyl groups is 1. The lowest BCUT2D eigenvalue weighted by molar-refractivity contribution is -0.114. The minimum Gasteiger partial charge on any atom is -0.486 e. The average molecular weight is 459 g/mol. The van der Waals surface area contributed by atoms with Gasteiger partial charge in [-0.3, -0.25) is 4.79 Å². The Morgan fingerprint density at radius 2 is 1.91 bits per heavy atom. The molecule has 1 N–H and O–H groups in total. The summed E-state index contributed by atoms with van der Waals surface area (Å²) < 4.78 is 11.7. The maximum absolute atomic E-state index is 12.2. The molecule has 1 aliphatic heterocycles. The van der Waals surface area contributed by atoms with Crippen LogP contribution < -0.4 is 9.47 Å². The fraction of sp³-hybridized carbons (Fsp3) is 0.567. The van der Waals surface area contributed by atoms with Crippen LogP contribution in [0.5, 0.6) is 11.5 Å². The van der Waals surface area contributed by atoms with Crippen molar-refractivity contribution >= 4 is 5.78 Å². The number of hydrogen-bond acceptors (Lipinski definition) is 4. The molecule has 6 rings (SSSR count). The van der Waals surface area contributed by atoms with E-state index in [4.69, 9.17) is 9.47 Å². The van der Waals surface area contributed by atoms with Crippen molar-refractivity contribution in [3.63, 3.8) is 0 Å². The maximum atomic E-state index is 12.2. The third-order valence-electron chi connectivity index (χ3n) is 9.60. The van der Waals surface area contributed by atoms with Crippen molar-refractivity contribution in [2.75, 3.05) is 13.2 Å². The van der Waals surface area contributed by atoms with Crippen LogP contribution in [0.2, 0.25) is 0 Å². The Labute approximate surface area is 202 Å². The lowest BCUT2D eigenvalue weighted by atomic mass is 9.51. The highest BCUT2D eigenvalue weighted by atomic mass is 16.6. The molecule has 1 aromatic carbocycles. The van der Waals surface area contributed by atoms with E-state index in [2.05, 4.69) is 37.8 Å². The number of ketones is 1. The van der Waals surface area contributed by atoms with Gasteiger partial charge in [-0.2, -0.15) is 0 Å². The summed E-state index contributed by atoms with van der Waals surface area (Å²) in [5.74, 6) is 9.32. The smallest absolute Gasteiger partial charge is 0.161 e. The van der Waals surface area contributed by atoms with E-state index in [1.165, 1.54) is 22.3 Å². The first kappa shape index (κ1) is 22.0. The Balaban J connectivity index is 1.54. The van der Waals surface area contributed by atoms with Crippen LogP contribution in [0.15, 0.2) is 41.0 Å². The highest BCUT2D eigenvalue weighted by Gasteiger charge is 2.65. The van der Waals surface area contributed by atoms with Crippen LogP contribution in [0.4, 0.5) is 0 Å². The van der Waals surface area contributed by atoms with Crippen molar-refractivity contribution < 1.29 is 19.4 Å². The van der Waals surface area contributed by atoms with Gasteiger partial charge in [-0.05, 0) is 91.7 Å². The van der Waals surface area contributed by atoms with Gasteiger partial charge < -0.3 is 14.6 Å². The predicted octanol–water partition coefficient (Wildman–Crippen LogP) is 5.36. The van der Waals surface area contributed by atoms with Gasteiger partial charge in [-0.1, -0.05) is 31.4 Å². The Kier molecular flexibility index (Phi) is 5.01. The Hall–Kier alpha value is -2.51. The zero-order chi connectivity index (χ0) is 23.7. The van der Waals surface area contributed by atoms with Gasteiger partial charge in [0.25, 0.3) is 0 Å². The summed E-state index contributed by atoms with van der Waals surface area (Å²) in [4.78, 5) is 12.2. The Morgan fingerprint density at radius 1 is 1.12 bits per heavy atom. The van der Waals surface area contributed by atoms with E-state index < -0.39 is 5.60 Å². The molecule has 0 aromatic heterocycles. The third-order valence-corrected chi connectivity index (χ3v) is 9.60. The van der Waals surface area contributed by atoms with Crippen LogP contribution in [0, 0.1) is 35.0 Å². The van der Waals surface area contributed by atoms with Gasteiger partial charge in [0, 0.05) is 17.8 Å². The van der Waals surface area contributed by atoms with Gasteiger partial charge in [-0.25, -0.2) is 0 Å². The number of carbonyl (C=O) groups is 1. The van der Waals surface area contributed by atoms with Crippen molar-refractivity contribution in [3.8, 4) is 23.3 Å². The van der Waals surface area contributed by atoms with Crippen LogP contribution in [0.25, 0.3) is 0 Å². The molecule has 1 heterocycles. The van der Waals surface area contributed by atoms with Crippen LogP contribution in [0.1, 0.15) is 70.8 Å². The number of ether oxygens (including phenoxy) is 2. The van der Waals surface area contributed by atoms with Gasteiger partial charge in [0.15, 0.2) is 17.3 Å². The van der Waals surface area contributed by atoms with E-state index in [0.717, 1.165) is 43.6 Å². The van der Waals surface area contributed by atoms with Gasteiger partial charge >= 0.3 is 0 Å². The fourth-order valence-electron chi connectivity index (χ4n) is 8.03. The molecule has 4 aliphatic carbocycles. The number of fused-ring (bicyclic) bond motifs is 5. The highest BCUT2D eigenvalue weighted by Crippen LogP contribution is 2.68. The molecule has 0 spiro atoms. The number of carbonyl (C=O) groups excluding carboxylic acids is 1. The summed E-state index contributed by atoms with van der Waals surface area (Å²) in [6.45, 7) is 7.44. The molecule has 4 nitrogen and oxygen atoms in total. The molecule has 0 radical (unpaired) electrons. The lowest BCUT2D eigenvalue weighted by Gasteiger charge is -2.54. The molecule has 2 fully saturated rings. The molecule has 4 heteroatoms. The first-order valence-electron chi connectivity index (χ1n) is 12.9. The maximum Gasteiger partial charge on any atom is 0.161 e. The fourth-order valence-corrected chi connectivity index (χ4v) is 8.03.